The lowest BCUT2D eigenvalue weighted by Gasteiger charge is -2.32. The number of nitrogens with zero attached hydrogens (tertiary/aromatic N) is 1. The van der Waals surface area contributed by atoms with Crippen LogP contribution in [0.2, 0.25) is 0 Å². The predicted octanol–water partition coefficient (Wildman–Crippen LogP) is 4.35. The van der Waals surface area contributed by atoms with Crippen LogP contribution in [0.1, 0.15) is 23.2 Å². The van der Waals surface area contributed by atoms with Crippen molar-refractivity contribution in [2.75, 3.05) is 34.4 Å². The number of benzene rings is 3. The second kappa shape index (κ2) is 8.76. The highest BCUT2D eigenvalue weighted by atomic mass is 16.5. The average Bonchev–Trinajstić information content (AvgIpc) is 2.82. The van der Waals surface area contributed by atoms with Gasteiger partial charge in [0.2, 0.25) is 0 Å². The fourth-order valence-corrected chi connectivity index (χ4v) is 4.30. The molecule has 156 valence electrons. The van der Waals surface area contributed by atoms with Crippen LogP contribution in [0.3, 0.4) is 0 Å². The number of carbonyl (C=O) groups excluding carboxylic acids is 1. The third-order valence-corrected chi connectivity index (χ3v) is 6.03. The molecule has 1 amide bonds. The molecule has 0 atom stereocenters. The van der Waals surface area contributed by atoms with Crippen LogP contribution >= 0.6 is 0 Å². The number of nitrogens with one attached hydrogen (secondary N) is 1. The largest absolute Gasteiger partial charge is 0.497 e. The summed E-state index contributed by atoms with van der Waals surface area (Å²) in [7, 11) is 5.23. The van der Waals surface area contributed by atoms with E-state index in [2.05, 4.69) is 17.4 Å². The normalized spacial score (nSPS) is 14.5. The fourth-order valence-electron chi connectivity index (χ4n) is 4.30. The summed E-state index contributed by atoms with van der Waals surface area (Å²) >= 11 is 0. The molecule has 1 aliphatic heterocycles. The Labute approximate surface area is 177 Å². The first-order chi connectivity index (χ1) is 14.6. The van der Waals surface area contributed by atoms with Gasteiger partial charge in [-0.05, 0) is 60.5 Å². The topological polar surface area (TPSA) is 50.8 Å². The molecule has 4 rings (SSSR count). The number of piperidine rings is 1. The van der Waals surface area contributed by atoms with E-state index in [4.69, 9.17) is 9.47 Å². The van der Waals surface area contributed by atoms with Crippen molar-refractivity contribution < 1.29 is 14.3 Å². The van der Waals surface area contributed by atoms with E-state index in [1.807, 2.05) is 54.4 Å². The number of carbonyl (C=O) groups is 1. The zero-order chi connectivity index (χ0) is 21.1. The summed E-state index contributed by atoms with van der Waals surface area (Å²) < 4.78 is 11.0. The smallest absolute Gasteiger partial charge is 0.254 e. The Morgan fingerprint density at radius 3 is 2.40 bits per heavy atom. The van der Waals surface area contributed by atoms with Crippen molar-refractivity contribution in [1.82, 2.24) is 10.2 Å². The lowest BCUT2D eigenvalue weighted by Crippen LogP contribution is -2.44. The third-order valence-electron chi connectivity index (χ3n) is 6.03. The van der Waals surface area contributed by atoms with Crippen molar-refractivity contribution >= 4 is 16.7 Å². The van der Waals surface area contributed by atoms with Crippen LogP contribution in [0.5, 0.6) is 11.5 Å². The van der Waals surface area contributed by atoms with Gasteiger partial charge in [0.15, 0.2) is 0 Å². The summed E-state index contributed by atoms with van der Waals surface area (Å²) in [6, 6.07) is 18.1. The molecule has 0 saturated carbocycles. The number of hydrogen-bond acceptors (Lipinski definition) is 4. The number of ether oxygens (including phenoxy) is 2. The minimum Gasteiger partial charge on any atom is -0.497 e. The molecule has 0 aliphatic carbocycles. The maximum atomic E-state index is 13.4. The average molecular weight is 405 g/mol. The lowest BCUT2D eigenvalue weighted by molar-refractivity contribution is 0.0705. The van der Waals surface area contributed by atoms with Crippen LogP contribution in [0, 0.1) is 0 Å². The van der Waals surface area contributed by atoms with Gasteiger partial charge in [-0.3, -0.25) is 4.79 Å². The van der Waals surface area contributed by atoms with Gasteiger partial charge in [-0.1, -0.05) is 30.3 Å². The lowest BCUT2D eigenvalue weighted by atomic mass is 9.94. The molecule has 0 spiro atoms. The van der Waals surface area contributed by atoms with Crippen molar-refractivity contribution in [3.63, 3.8) is 0 Å². The second-order valence-corrected chi connectivity index (χ2v) is 7.67. The standard InChI is InChI=1S/C25H28N2O3/c1-27(17-12-14-26-15-13-17)25(28)23-9-5-6-19-20(7-4-8-21(19)23)22-11-10-18(29-2)16-24(22)30-3/h4-11,16-17,26H,12-15H2,1-3H3. The van der Waals surface area contributed by atoms with Gasteiger partial charge in [0, 0.05) is 30.3 Å². The van der Waals surface area contributed by atoms with Gasteiger partial charge in [-0.15, -0.1) is 0 Å². The zero-order valence-electron chi connectivity index (χ0n) is 17.8. The van der Waals surface area contributed by atoms with Gasteiger partial charge in [-0.2, -0.15) is 0 Å². The molecule has 1 aliphatic rings. The summed E-state index contributed by atoms with van der Waals surface area (Å²) in [6.45, 7) is 1.92. The summed E-state index contributed by atoms with van der Waals surface area (Å²) in [4.78, 5) is 15.3. The first-order valence-corrected chi connectivity index (χ1v) is 10.4. The van der Waals surface area contributed by atoms with E-state index in [1.165, 1.54) is 0 Å². The van der Waals surface area contributed by atoms with Crippen LogP contribution in [0.25, 0.3) is 21.9 Å². The molecule has 0 unspecified atom stereocenters. The van der Waals surface area contributed by atoms with E-state index in [0.29, 0.717) is 0 Å². The summed E-state index contributed by atoms with van der Waals surface area (Å²) in [5, 5.41) is 5.35. The third kappa shape index (κ3) is 3.73. The molecular weight excluding hydrogens is 376 g/mol. The van der Waals surface area contributed by atoms with E-state index in [-0.39, 0.29) is 11.9 Å². The van der Waals surface area contributed by atoms with E-state index in [0.717, 1.165) is 64.9 Å². The van der Waals surface area contributed by atoms with Gasteiger partial charge in [-0.25, -0.2) is 0 Å². The van der Waals surface area contributed by atoms with E-state index >= 15 is 0 Å². The van der Waals surface area contributed by atoms with Crippen molar-refractivity contribution in [3.05, 3.63) is 60.2 Å². The number of hydrogen-bond donors (Lipinski definition) is 1. The summed E-state index contributed by atoms with van der Waals surface area (Å²) in [5.41, 5.74) is 2.74. The Morgan fingerprint density at radius 2 is 1.67 bits per heavy atom. The Hall–Kier alpha value is -3.05. The molecule has 0 aromatic heterocycles. The van der Waals surface area contributed by atoms with Crippen molar-refractivity contribution in [1.29, 1.82) is 0 Å². The minimum atomic E-state index is 0.0753. The molecule has 0 radical (unpaired) electrons. The van der Waals surface area contributed by atoms with Gasteiger partial charge < -0.3 is 19.7 Å². The molecule has 3 aromatic carbocycles. The van der Waals surface area contributed by atoms with Crippen LogP contribution in [0.15, 0.2) is 54.6 Å². The number of methoxy groups -OCH3 is 2. The van der Waals surface area contributed by atoms with E-state index < -0.39 is 0 Å². The van der Waals surface area contributed by atoms with Gasteiger partial charge in [0.05, 0.1) is 14.2 Å². The van der Waals surface area contributed by atoms with Crippen LogP contribution in [0.4, 0.5) is 0 Å². The van der Waals surface area contributed by atoms with Crippen molar-refractivity contribution in [2.24, 2.45) is 0 Å². The van der Waals surface area contributed by atoms with E-state index in [1.54, 1.807) is 14.2 Å². The first kappa shape index (κ1) is 20.2. The molecule has 1 saturated heterocycles. The summed E-state index contributed by atoms with van der Waals surface area (Å²) in [5.74, 6) is 1.56. The number of rotatable bonds is 5. The number of amides is 1. The van der Waals surface area contributed by atoms with Gasteiger partial charge in [0.1, 0.15) is 11.5 Å². The van der Waals surface area contributed by atoms with Gasteiger partial charge >= 0.3 is 0 Å². The van der Waals surface area contributed by atoms with Crippen LogP contribution < -0.4 is 14.8 Å². The molecule has 0 bridgehead atoms. The SMILES string of the molecule is COc1ccc(-c2cccc3c(C(=O)N(C)C4CCNCC4)cccc23)c(OC)c1. The van der Waals surface area contributed by atoms with Crippen molar-refractivity contribution in [3.8, 4) is 22.6 Å². The molecular formula is C25H28N2O3. The number of fused-ring (bicyclic) bond motifs is 1. The minimum absolute atomic E-state index is 0.0753. The molecule has 1 heterocycles. The summed E-state index contributed by atoms with van der Waals surface area (Å²) in [6.07, 6.45) is 1.97. The molecule has 30 heavy (non-hydrogen) atoms. The van der Waals surface area contributed by atoms with Crippen molar-refractivity contribution in [2.45, 2.75) is 18.9 Å². The maximum absolute atomic E-state index is 13.4. The highest BCUT2D eigenvalue weighted by Gasteiger charge is 2.24. The monoisotopic (exact) mass is 404 g/mol. The maximum Gasteiger partial charge on any atom is 0.254 e. The predicted molar refractivity (Wildman–Crippen MR) is 120 cm³/mol. The highest BCUT2D eigenvalue weighted by molar-refractivity contribution is 6.10. The quantitative estimate of drug-likeness (QED) is 0.687. The molecule has 1 fully saturated rings. The Balaban J connectivity index is 1.78. The molecule has 5 nitrogen and oxygen atoms in total. The Kier molecular flexibility index (Phi) is 5.91. The molecule has 5 heteroatoms. The van der Waals surface area contributed by atoms with Crippen LogP contribution in [-0.2, 0) is 0 Å². The fraction of sp³-hybridized carbons (Fsp3) is 0.320. The Bertz CT molecular complexity index is 1060. The van der Waals surface area contributed by atoms with Crippen LogP contribution in [-0.4, -0.2) is 51.2 Å². The van der Waals surface area contributed by atoms with Gasteiger partial charge in [0.25, 0.3) is 5.91 Å². The molecule has 3 aromatic rings. The molecule has 1 N–H and O–H groups in total. The van der Waals surface area contributed by atoms with E-state index in [9.17, 15) is 4.79 Å². The first-order valence-electron chi connectivity index (χ1n) is 10.4. The second-order valence-electron chi connectivity index (χ2n) is 7.67. The Morgan fingerprint density at radius 1 is 0.933 bits per heavy atom. The highest BCUT2D eigenvalue weighted by Crippen LogP contribution is 2.38. The zero-order valence-corrected chi connectivity index (χ0v) is 17.8.